The monoisotopic (exact) mass is 551 g/mol. The molecular weight excluding hydrogens is 470 g/mol. The summed E-state index contributed by atoms with van der Waals surface area (Å²) < 4.78 is 1.23. The van der Waals surface area contributed by atoms with Crippen LogP contribution in [0, 0.1) is 0 Å². The van der Waals surface area contributed by atoms with Gasteiger partial charge >= 0.3 is 0 Å². The van der Waals surface area contributed by atoms with Gasteiger partial charge in [-0.15, -0.1) is 0 Å². The standard InChI is InChI=1S/C38H80N/c1-6-8-10-12-14-16-18-20-22-23-24-26-28-30-32-34-36-38(3)39(4,5)37-35-33-31-29-27-25-21-19-17-15-13-11-9-7-2/h38H,6-37H2,1-5H3/q+1. The van der Waals surface area contributed by atoms with Crippen LogP contribution in [0.15, 0.2) is 0 Å². The fourth-order valence-electron chi connectivity index (χ4n) is 6.27. The second-order valence-corrected chi connectivity index (χ2v) is 14.0. The Balaban J connectivity index is 3.40. The second kappa shape index (κ2) is 30.9. The van der Waals surface area contributed by atoms with Crippen LogP contribution in [0.4, 0.5) is 0 Å². The summed E-state index contributed by atoms with van der Waals surface area (Å²) in [5.74, 6) is 0. The Morgan fingerprint density at radius 3 is 0.846 bits per heavy atom. The van der Waals surface area contributed by atoms with Gasteiger partial charge in [-0.05, 0) is 32.6 Å². The van der Waals surface area contributed by atoms with Gasteiger partial charge in [0, 0.05) is 0 Å². The molecule has 1 unspecified atom stereocenters. The highest BCUT2D eigenvalue weighted by molar-refractivity contribution is 4.56. The molecule has 0 fully saturated rings. The van der Waals surface area contributed by atoms with Crippen molar-refractivity contribution in [3.8, 4) is 0 Å². The van der Waals surface area contributed by atoms with E-state index in [4.69, 9.17) is 0 Å². The zero-order valence-electron chi connectivity index (χ0n) is 28.7. The zero-order chi connectivity index (χ0) is 28.7. The molecule has 0 aliphatic carbocycles. The van der Waals surface area contributed by atoms with Gasteiger partial charge in [-0.25, -0.2) is 0 Å². The third kappa shape index (κ3) is 29.3. The lowest BCUT2D eigenvalue weighted by molar-refractivity contribution is -0.913. The van der Waals surface area contributed by atoms with Crippen LogP contribution in [0.2, 0.25) is 0 Å². The summed E-state index contributed by atoms with van der Waals surface area (Å²) >= 11 is 0. The lowest BCUT2D eigenvalue weighted by Crippen LogP contribution is -2.47. The first-order valence-corrected chi connectivity index (χ1v) is 18.9. The molecule has 0 heterocycles. The number of hydrogen-bond donors (Lipinski definition) is 0. The minimum Gasteiger partial charge on any atom is -0.326 e. The first-order chi connectivity index (χ1) is 19.0. The minimum absolute atomic E-state index is 0.818. The topological polar surface area (TPSA) is 0 Å². The lowest BCUT2D eigenvalue weighted by atomic mass is 10.0. The van der Waals surface area contributed by atoms with Crippen LogP contribution in [0.1, 0.15) is 220 Å². The van der Waals surface area contributed by atoms with E-state index in [0.717, 1.165) is 6.04 Å². The van der Waals surface area contributed by atoms with E-state index < -0.39 is 0 Å². The molecule has 0 aromatic rings. The van der Waals surface area contributed by atoms with Crippen LogP contribution in [0.3, 0.4) is 0 Å². The molecule has 0 spiro atoms. The van der Waals surface area contributed by atoms with Crippen molar-refractivity contribution < 1.29 is 4.48 Å². The second-order valence-electron chi connectivity index (χ2n) is 14.0. The molecule has 0 bridgehead atoms. The first kappa shape index (κ1) is 39.0. The van der Waals surface area contributed by atoms with Crippen LogP contribution in [-0.2, 0) is 0 Å². The van der Waals surface area contributed by atoms with Crippen molar-refractivity contribution in [2.24, 2.45) is 0 Å². The maximum atomic E-state index is 2.51. The molecule has 1 heteroatoms. The van der Waals surface area contributed by atoms with Gasteiger partial charge in [-0.3, -0.25) is 0 Å². The van der Waals surface area contributed by atoms with E-state index in [1.54, 1.807) is 0 Å². The lowest BCUT2D eigenvalue weighted by Gasteiger charge is -2.36. The Bertz CT molecular complexity index is 442. The van der Waals surface area contributed by atoms with E-state index in [-0.39, 0.29) is 0 Å². The van der Waals surface area contributed by atoms with E-state index >= 15 is 0 Å². The number of rotatable bonds is 33. The number of quaternary nitrogens is 1. The highest BCUT2D eigenvalue weighted by Gasteiger charge is 2.22. The summed E-state index contributed by atoms with van der Waals surface area (Å²) in [5, 5.41) is 0. The molecule has 0 amide bonds. The van der Waals surface area contributed by atoms with E-state index in [1.807, 2.05) is 0 Å². The van der Waals surface area contributed by atoms with Crippen LogP contribution in [-0.4, -0.2) is 31.2 Å². The van der Waals surface area contributed by atoms with E-state index in [9.17, 15) is 0 Å². The summed E-state index contributed by atoms with van der Waals surface area (Å²) in [4.78, 5) is 0. The Kier molecular flexibility index (Phi) is 30.9. The van der Waals surface area contributed by atoms with Gasteiger partial charge in [-0.1, -0.05) is 187 Å². The number of hydrogen-bond acceptors (Lipinski definition) is 0. The Labute approximate surface area is 250 Å². The third-order valence-corrected chi connectivity index (χ3v) is 9.76. The summed E-state index contributed by atoms with van der Waals surface area (Å²) in [5.41, 5.74) is 0. The van der Waals surface area contributed by atoms with Gasteiger partial charge in [0.2, 0.25) is 0 Å². The predicted molar refractivity (Wildman–Crippen MR) is 181 cm³/mol. The Morgan fingerprint density at radius 1 is 0.333 bits per heavy atom. The van der Waals surface area contributed by atoms with E-state index in [0.29, 0.717) is 0 Å². The van der Waals surface area contributed by atoms with Gasteiger partial charge in [0.1, 0.15) is 0 Å². The molecule has 236 valence electrons. The zero-order valence-corrected chi connectivity index (χ0v) is 28.7. The number of unbranched alkanes of at least 4 members (excludes halogenated alkanes) is 28. The molecule has 0 rings (SSSR count). The Hall–Kier alpha value is -0.0400. The number of nitrogens with zero attached hydrogens (tertiary/aromatic N) is 1. The molecule has 1 atom stereocenters. The quantitative estimate of drug-likeness (QED) is 0.0563. The van der Waals surface area contributed by atoms with Crippen LogP contribution in [0.25, 0.3) is 0 Å². The molecule has 39 heavy (non-hydrogen) atoms. The first-order valence-electron chi connectivity index (χ1n) is 18.9. The average molecular weight is 551 g/mol. The molecule has 0 saturated carbocycles. The molecule has 0 radical (unpaired) electrons. The van der Waals surface area contributed by atoms with Crippen molar-refractivity contribution in [2.75, 3.05) is 20.6 Å². The van der Waals surface area contributed by atoms with Crippen molar-refractivity contribution in [3.05, 3.63) is 0 Å². The average Bonchev–Trinajstić information content (AvgIpc) is 2.92. The fourth-order valence-corrected chi connectivity index (χ4v) is 6.27. The fraction of sp³-hybridized carbons (Fsp3) is 1.00. The highest BCUT2D eigenvalue weighted by Crippen LogP contribution is 2.19. The molecule has 0 N–H and O–H groups in total. The van der Waals surface area contributed by atoms with Crippen LogP contribution < -0.4 is 0 Å². The molecule has 0 aliphatic heterocycles. The van der Waals surface area contributed by atoms with Crippen molar-refractivity contribution in [2.45, 2.75) is 226 Å². The molecule has 0 saturated heterocycles. The molecule has 0 aromatic heterocycles. The Morgan fingerprint density at radius 2 is 0.564 bits per heavy atom. The maximum absolute atomic E-state index is 2.51. The summed E-state index contributed by atoms with van der Waals surface area (Å²) in [6.07, 6.45) is 45.3. The van der Waals surface area contributed by atoms with Gasteiger partial charge in [0.25, 0.3) is 0 Å². The minimum atomic E-state index is 0.818. The van der Waals surface area contributed by atoms with Gasteiger partial charge in [0.05, 0.1) is 26.7 Å². The summed E-state index contributed by atoms with van der Waals surface area (Å²) in [7, 11) is 4.97. The highest BCUT2D eigenvalue weighted by atomic mass is 15.3. The van der Waals surface area contributed by atoms with Crippen LogP contribution >= 0.6 is 0 Å². The molecular formula is C38H80N+. The maximum Gasteiger partial charge on any atom is 0.0857 e. The van der Waals surface area contributed by atoms with Crippen molar-refractivity contribution in [1.82, 2.24) is 0 Å². The van der Waals surface area contributed by atoms with E-state index in [1.165, 1.54) is 210 Å². The largest absolute Gasteiger partial charge is 0.326 e. The SMILES string of the molecule is CCCCCCCCCCCCCCCCCCC(C)[N+](C)(C)CCCCCCCCCCCCCCCC. The third-order valence-electron chi connectivity index (χ3n) is 9.76. The van der Waals surface area contributed by atoms with Crippen molar-refractivity contribution in [3.63, 3.8) is 0 Å². The molecule has 1 nitrogen and oxygen atoms in total. The van der Waals surface area contributed by atoms with Crippen molar-refractivity contribution >= 4 is 0 Å². The molecule has 0 aromatic carbocycles. The predicted octanol–water partition coefficient (Wildman–Crippen LogP) is 13.6. The van der Waals surface area contributed by atoms with Gasteiger partial charge < -0.3 is 4.48 Å². The van der Waals surface area contributed by atoms with Gasteiger partial charge in [0.15, 0.2) is 0 Å². The van der Waals surface area contributed by atoms with E-state index in [2.05, 4.69) is 34.9 Å². The molecule has 0 aliphatic rings. The van der Waals surface area contributed by atoms with Gasteiger partial charge in [-0.2, -0.15) is 0 Å². The smallest absolute Gasteiger partial charge is 0.0857 e. The van der Waals surface area contributed by atoms with Crippen molar-refractivity contribution in [1.29, 1.82) is 0 Å². The summed E-state index contributed by atoms with van der Waals surface area (Å²) in [6.45, 7) is 8.50. The normalized spacial score (nSPS) is 12.8. The summed E-state index contributed by atoms with van der Waals surface area (Å²) in [6, 6.07) is 0.818. The van der Waals surface area contributed by atoms with Crippen LogP contribution in [0.5, 0.6) is 0 Å².